The third-order valence-corrected chi connectivity index (χ3v) is 4.22. The summed E-state index contributed by atoms with van der Waals surface area (Å²) in [5.41, 5.74) is 0.552. The van der Waals surface area contributed by atoms with E-state index in [1.165, 1.54) is 12.1 Å². The minimum absolute atomic E-state index is 0.0734. The molecule has 0 amide bonds. The Bertz CT molecular complexity index is 473. The molecule has 1 fully saturated rings. The Hall–Kier alpha value is -1.04. The van der Waals surface area contributed by atoms with Crippen LogP contribution < -0.4 is 5.32 Å². The van der Waals surface area contributed by atoms with Crippen molar-refractivity contribution in [3.8, 4) is 0 Å². The van der Waals surface area contributed by atoms with Gasteiger partial charge >= 0.3 is 0 Å². The first kappa shape index (κ1) is 16.3. The van der Waals surface area contributed by atoms with E-state index < -0.39 is 11.6 Å². The topological polar surface area (TPSA) is 24.5 Å². The maximum absolute atomic E-state index is 13.6. The van der Waals surface area contributed by atoms with E-state index in [-0.39, 0.29) is 11.6 Å². The summed E-state index contributed by atoms with van der Waals surface area (Å²) in [6.07, 6.45) is 0. The number of benzene rings is 1. The van der Waals surface area contributed by atoms with Gasteiger partial charge in [0.15, 0.2) is 11.6 Å². The molecular formula is C16H24F2N2O. The maximum atomic E-state index is 13.6. The SMILES string of the molecule is CCNC(c1ccc(F)c(F)c1)C(C)(C)N1CCOCC1. The third kappa shape index (κ3) is 3.59. The van der Waals surface area contributed by atoms with Gasteiger partial charge in [0.25, 0.3) is 0 Å². The molecule has 1 saturated heterocycles. The van der Waals surface area contributed by atoms with Gasteiger partial charge in [0.05, 0.1) is 19.3 Å². The molecule has 1 N–H and O–H groups in total. The van der Waals surface area contributed by atoms with Gasteiger partial charge in [-0.05, 0) is 38.1 Å². The number of halogens is 2. The lowest BCUT2D eigenvalue weighted by Gasteiger charge is -2.46. The Morgan fingerprint density at radius 3 is 2.48 bits per heavy atom. The van der Waals surface area contributed by atoms with Crippen LogP contribution in [-0.4, -0.2) is 43.3 Å². The molecule has 21 heavy (non-hydrogen) atoms. The van der Waals surface area contributed by atoms with Gasteiger partial charge in [-0.25, -0.2) is 8.78 Å². The smallest absolute Gasteiger partial charge is 0.159 e. The standard InChI is InChI=1S/C16H24F2N2O/c1-4-19-15(12-5-6-13(17)14(18)11-12)16(2,3)20-7-9-21-10-8-20/h5-6,11,15,19H,4,7-10H2,1-3H3. The van der Waals surface area contributed by atoms with E-state index in [0.717, 1.165) is 25.2 Å². The average molecular weight is 298 g/mol. The van der Waals surface area contributed by atoms with E-state index in [9.17, 15) is 8.78 Å². The lowest BCUT2D eigenvalue weighted by atomic mass is 9.86. The zero-order valence-electron chi connectivity index (χ0n) is 13.0. The highest BCUT2D eigenvalue weighted by Crippen LogP contribution is 2.32. The molecule has 1 aliphatic heterocycles. The third-order valence-electron chi connectivity index (χ3n) is 4.22. The molecular weight excluding hydrogens is 274 g/mol. The summed E-state index contributed by atoms with van der Waals surface area (Å²) in [7, 11) is 0. The normalized spacial score (nSPS) is 18.7. The molecule has 1 aromatic carbocycles. The number of hydrogen-bond donors (Lipinski definition) is 1. The van der Waals surface area contributed by atoms with Crippen LogP contribution >= 0.6 is 0 Å². The maximum Gasteiger partial charge on any atom is 0.159 e. The molecule has 3 nitrogen and oxygen atoms in total. The van der Waals surface area contributed by atoms with Crippen molar-refractivity contribution in [3.63, 3.8) is 0 Å². The fourth-order valence-corrected chi connectivity index (χ4v) is 2.99. The summed E-state index contributed by atoms with van der Waals surface area (Å²) in [6, 6.07) is 4.08. The minimum Gasteiger partial charge on any atom is -0.379 e. The first-order chi connectivity index (χ1) is 9.96. The molecule has 1 unspecified atom stereocenters. The summed E-state index contributed by atoms with van der Waals surface area (Å²) >= 11 is 0. The zero-order chi connectivity index (χ0) is 15.5. The van der Waals surface area contributed by atoms with Crippen LogP contribution in [0.4, 0.5) is 8.78 Å². The molecule has 0 saturated carbocycles. The Morgan fingerprint density at radius 2 is 1.90 bits per heavy atom. The van der Waals surface area contributed by atoms with Crippen molar-refractivity contribution < 1.29 is 13.5 Å². The van der Waals surface area contributed by atoms with Crippen molar-refractivity contribution in [1.29, 1.82) is 0 Å². The van der Waals surface area contributed by atoms with Crippen molar-refractivity contribution in [2.75, 3.05) is 32.8 Å². The van der Waals surface area contributed by atoms with Gasteiger partial charge < -0.3 is 10.1 Å². The summed E-state index contributed by atoms with van der Waals surface area (Å²) in [5, 5.41) is 3.41. The zero-order valence-corrected chi connectivity index (χ0v) is 13.0. The van der Waals surface area contributed by atoms with Crippen molar-refractivity contribution >= 4 is 0 Å². The second-order valence-electron chi connectivity index (χ2n) is 5.92. The van der Waals surface area contributed by atoms with E-state index >= 15 is 0 Å². The highest BCUT2D eigenvalue weighted by molar-refractivity contribution is 5.24. The molecule has 0 radical (unpaired) electrons. The second-order valence-corrected chi connectivity index (χ2v) is 5.92. The minimum atomic E-state index is -0.807. The van der Waals surface area contributed by atoms with Crippen LogP contribution in [0, 0.1) is 11.6 Å². The summed E-state index contributed by atoms with van der Waals surface area (Å²) in [6.45, 7) is 10.1. The van der Waals surface area contributed by atoms with Gasteiger partial charge in [-0.3, -0.25) is 4.90 Å². The Morgan fingerprint density at radius 1 is 1.24 bits per heavy atom. The fourth-order valence-electron chi connectivity index (χ4n) is 2.99. The molecule has 0 aliphatic carbocycles. The molecule has 1 atom stereocenters. The number of morpholine rings is 1. The lowest BCUT2D eigenvalue weighted by Crippen LogP contribution is -2.56. The largest absolute Gasteiger partial charge is 0.379 e. The van der Waals surface area contributed by atoms with Gasteiger partial charge in [-0.1, -0.05) is 13.0 Å². The molecule has 1 heterocycles. The Balaban J connectivity index is 2.29. The molecule has 118 valence electrons. The molecule has 0 bridgehead atoms. The predicted octanol–water partition coefficient (Wildman–Crippen LogP) is 2.73. The van der Waals surface area contributed by atoms with Crippen molar-refractivity contribution in [2.45, 2.75) is 32.4 Å². The highest BCUT2D eigenvalue weighted by Gasteiger charge is 2.37. The van der Waals surface area contributed by atoms with Crippen LogP contribution in [0.1, 0.15) is 32.4 Å². The molecule has 2 rings (SSSR count). The number of hydrogen-bond acceptors (Lipinski definition) is 3. The summed E-state index contributed by atoms with van der Waals surface area (Å²) in [4.78, 5) is 2.34. The van der Waals surface area contributed by atoms with E-state index in [1.54, 1.807) is 6.07 Å². The predicted molar refractivity (Wildman–Crippen MR) is 79.2 cm³/mol. The van der Waals surface area contributed by atoms with Gasteiger partial charge in [0, 0.05) is 18.6 Å². The average Bonchev–Trinajstić information content (AvgIpc) is 2.48. The molecule has 0 aromatic heterocycles. The number of nitrogens with zero attached hydrogens (tertiary/aromatic N) is 1. The molecule has 1 aromatic rings. The Labute approximate surface area is 125 Å². The molecule has 5 heteroatoms. The van der Waals surface area contributed by atoms with Gasteiger partial charge in [-0.2, -0.15) is 0 Å². The molecule has 0 spiro atoms. The number of nitrogens with one attached hydrogen (secondary N) is 1. The van der Waals surface area contributed by atoms with E-state index in [0.29, 0.717) is 13.2 Å². The van der Waals surface area contributed by atoms with Crippen LogP contribution in [0.2, 0.25) is 0 Å². The van der Waals surface area contributed by atoms with Gasteiger partial charge in [-0.15, -0.1) is 0 Å². The fraction of sp³-hybridized carbons (Fsp3) is 0.625. The van der Waals surface area contributed by atoms with Gasteiger partial charge in [0.1, 0.15) is 0 Å². The van der Waals surface area contributed by atoms with Crippen molar-refractivity contribution in [2.24, 2.45) is 0 Å². The van der Waals surface area contributed by atoms with E-state index in [2.05, 4.69) is 24.1 Å². The first-order valence-electron chi connectivity index (χ1n) is 7.48. The van der Waals surface area contributed by atoms with Crippen molar-refractivity contribution in [1.82, 2.24) is 10.2 Å². The number of rotatable bonds is 5. The molecule has 1 aliphatic rings. The van der Waals surface area contributed by atoms with Gasteiger partial charge in [0.2, 0.25) is 0 Å². The monoisotopic (exact) mass is 298 g/mol. The van der Waals surface area contributed by atoms with Crippen LogP contribution in [0.15, 0.2) is 18.2 Å². The number of ether oxygens (including phenoxy) is 1. The highest BCUT2D eigenvalue weighted by atomic mass is 19.2. The first-order valence-corrected chi connectivity index (χ1v) is 7.48. The quantitative estimate of drug-likeness (QED) is 0.904. The van der Waals surface area contributed by atoms with E-state index in [4.69, 9.17) is 4.74 Å². The van der Waals surface area contributed by atoms with Crippen LogP contribution in [-0.2, 0) is 4.74 Å². The summed E-state index contributed by atoms with van der Waals surface area (Å²) < 4.78 is 32.2. The lowest BCUT2D eigenvalue weighted by molar-refractivity contribution is -0.0236. The van der Waals surface area contributed by atoms with Crippen LogP contribution in [0.3, 0.4) is 0 Å². The van der Waals surface area contributed by atoms with Crippen LogP contribution in [0.5, 0.6) is 0 Å². The second kappa shape index (κ2) is 6.81. The summed E-state index contributed by atoms with van der Waals surface area (Å²) in [5.74, 6) is -1.61. The van der Waals surface area contributed by atoms with E-state index in [1.807, 2.05) is 6.92 Å². The van der Waals surface area contributed by atoms with Crippen LogP contribution in [0.25, 0.3) is 0 Å². The van der Waals surface area contributed by atoms with Crippen molar-refractivity contribution in [3.05, 3.63) is 35.4 Å². The number of likely N-dealkylation sites (N-methyl/N-ethyl adjacent to an activating group) is 1. The Kier molecular flexibility index (Phi) is 5.30.